The van der Waals surface area contributed by atoms with Crippen molar-refractivity contribution in [1.82, 2.24) is 9.97 Å². The minimum Gasteiger partial charge on any atom is -0.354 e. The van der Waals surface area contributed by atoms with E-state index in [0.29, 0.717) is 0 Å². The van der Waals surface area contributed by atoms with Crippen molar-refractivity contribution in [3.63, 3.8) is 0 Å². The Morgan fingerprint density at radius 1 is 0.400 bits per heavy atom. The number of hydrogen-bond donors (Lipinski definition) is 2. The first kappa shape index (κ1) is 25.9. The van der Waals surface area contributed by atoms with Gasteiger partial charge in [-0.2, -0.15) is 0 Å². The number of fused-ring (bicyclic) bond motifs is 5. The van der Waals surface area contributed by atoms with Crippen molar-refractivity contribution in [3.05, 3.63) is 157 Å². The van der Waals surface area contributed by atoms with Crippen LogP contribution in [0.1, 0.15) is 25.0 Å². The standard InChI is InChI=1S/C43H32N2/c1-43(2)35-25-37-33(39(27-15-7-3-8-16-27)41(44-37)29-19-11-5-12-20-29)23-31(35)32-24-34-38(26-36(32)43)45-42(30-21-13-6-14-22-30)40(34)28-17-9-4-10-18-28/h3-26,44-45H,1-2H3. The Kier molecular flexibility index (Phi) is 5.58. The summed E-state index contributed by atoms with van der Waals surface area (Å²) in [6.07, 6.45) is 0. The molecule has 9 rings (SSSR count). The molecular formula is C43H32N2. The van der Waals surface area contributed by atoms with Crippen LogP contribution >= 0.6 is 0 Å². The zero-order chi connectivity index (χ0) is 30.1. The average Bonchev–Trinajstić information content (AvgIpc) is 3.72. The number of rotatable bonds is 4. The predicted octanol–water partition coefficient (Wildman–Crippen LogP) is 11.6. The highest BCUT2D eigenvalue weighted by Gasteiger charge is 2.37. The van der Waals surface area contributed by atoms with E-state index in [2.05, 4.69) is 169 Å². The zero-order valence-electron chi connectivity index (χ0n) is 25.4. The van der Waals surface area contributed by atoms with E-state index in [4.69, 9.17) is 0 Å². The lowest BCUT2D eigenvalue weighted by Gasteiger charge is -2.21. The molecule has 214 valence electrons. The van der Waals surface area contributed by atoms with Gasteiger partial charge in [0.15, 0.2) is 0 Å². The number of aromatic amines is 2. The molecule has 0 amide bonds. The SMILES string of the molecule is CC1(C)c2cc3[nH]c(-c4ccccc4)c(-c4ccccc4)c3cc2-c2cc3c(-c4ccccc4)c(-c4ccccc4)[nH]c3cc21. The third-order valence-corrected chi connectivity index (χ3v) is 9.76. The maximum Gasteiger partial charge on any atom is 0.0544 e. The molecule has 0 spiro atoms. The molecule has 2 heterocycles. The van der Waals surface area contributed by atoms with Gasteiger partial charge in [0.1, 0.15) is 0 Å². The minimum atomic E-state index is -0.150. The molecule has 6 aromatic carbocycles. The van der Waals surface area contributed by atoms with Crippen LogP contribution in [0, 0.1) is 0 Å². The molecule has 0 atom stereocenters. The van der Waals surface area contributed by atoms with Gasteiger partial charge in [0.05, 0.1) is 11.4 Å². The Labute approximate surface area is 263 Å². The monoisotopic (exact) mass is 576 g/mol. The Morgan fingerprint density at radius 2 is 0.733 bits per heavy atom. The van der Waals surface area contributed by atoms with Crippen molar-refractivity contribution < 1.29 is 0 Å². The fraction of sp³-hybridized carbons (Fsp3) is 0.0698. The van der Waals surface area contributed by atoms with Gasteiger partial charge in [-0.1, -0.05) is 135 Å². The maximum absolute atomic E-state index is 3.85. The molecule has 1 aliphatic rings. The zero-order valence-corrected chi connectivity index (χ0v) is 25.4. The van der Waals surface area contributed by atoms with Gasteiger partial charge in [-0.05, 0) is 68.8 Å². The van der Waals surface area contributed by atoms with Crippen LogP contribution in [0.3, 0.4) is 0 Å². The van der Waals surface area contributed by atoms with Crippen LogP contribution in [0.4, 0.5) is 0 Å². The third-order valence-electron chi connectivity index (χ3n) is 9.76. The normalized spacial score (nSPS) is 13.3. The number of hydrogen-bond acceptors (Lipinski definition) is 0. The summed E-state index contributed by atoms with van der Waals surface area (Å²) >= 11 is 0. The van der Waals surface area contributed by atoms with Gasteiger partial charge < -0.3 is 9.97 Å². The first-order valence-corrected chi connectivity index (χ1v) is 15.7. The van der Waals surface area contributed by atoms with Crippen LogP contribution in [0.5, 0.6) is 0 Å². The number of benzene rings is 6. The first-order chi connectivity index (χ1) is 22.1. The van der Waals surface area contributed by atoms with Gasteiger partial charge in [0.2, 0.25) is 0 Å². The van der Waals surface area contributed by atoms with Gasteiger partial charge >= 0.3 is 0 Å². The molecule has 8 aromatic rings. The Balaban J connectivity index is 1.34. The summed E-state index contributed by atoms with van der Waals surface area (Å²) in [5.41, 5.74) is 17.2. The summed E-state index contributed by atoms with van der Waals surface area (Å²) in [4.78, 5) is 7.70. The van der Waals surface area contributed by atoms with Crippen LogP contribution in [-0.2, 0) is 5.41 Å². The molecule has 2 N–H and O–H groups in total. The molecule has 0 fully saturated rings. The Hall–Kier alpha value is -5.60. The molecule has 2 heteroatoms. The average molecular weight is 577 g/mol. The van der Waals surface area contributed by atoms with Crippen LogP contribution < -0.4 is 0 Å². The largest absolute Gasteiger partial charge is 0.354 e. The highest BCUT2D eigenvalue weighted by molar-refractivity contribution is 6.10. The summed E-state index contributed by atoms with van der Waals surface area (Å²) in [7, 11) is 0. The van der Waals surface area contributed by atoms with Gasteiger partial charge in [-0.15, -0.1) is 0 Å². The van der Waals surface area contributed by atoms with Gasteiger partial charge in [-0.25, -0.2) is 0 Å². The topological polar surface area (TPSA) is 31.6 Å². The van der Waals surface area contributed by atoms with Crippen molar-refractivity contribution in [2.75, 3.05) is 0 Å². The van der Waals surface area contributed by atoms with Crippen molar-refractivity contribution in [1.29, 1.82) is 0 Å². The van der Waals surface area contributed by atoms with Crippen molar-refractivity contribution >= 4 is 21.8 Å². The summed E-state index contributed by atoms with van der Waals surface area (Å²) in [6.45, 7) is 4.74. The Morgan fingerprint density at radius 3 is 1.09 bits per heavy atom. The number of aromatic nitrogens is 2. The van der Waals surface area contributed by atoms with Crippen molar-refractivity contribution in [2.45, 2.75) is 19.3 Å². The number of H-pyrrole nitrogens is 2. The summed E-state index contributed by atoms with van der Waals surface area (Å²) < 4.78 is 0. The van der Waals surface area contributed by atoms with Gasteiger partial charge in [0.25, 0.3) is 0 Å². The summed E-state index contributed by atoms with van der Waals surface area (Å²) in [5, 5.41) is 2.51. The quantitative estimate of drug-likeness (QED) is 0.209. The molecule has 1 aliphatic carbocycles. The highest BCUT2D eigenvalue weighted by Crippen LogP contribution is 2.53. The summed E-state index contributed by atoms with van der Waals surface area (Å²) in [5.74, 6) is 0. The second-order valence-corrected chi connectivity index (χ2v) is 12.7. The van der Waals surface area contributed by atoms with E-state index >= 15 is 0 Å². The van der Waals surface area contributed by atoms with Gasteiger partial charge in [-0.3, -0.25) is 0 Å². The van der Waals surface area contributed by atoms with E-state index in [1.165, 1.54) is 88.8 Å². The molecular weight excluding hydrogens is 544 g/mol. The lowest BCUT2D eigenvalue weighted by atomic mass is 9.82. The summed E-state index contributed by atoms with van der Waals surface area (Å²) in [6, 6.07) is 52.7. The van der Waals surface area contributed by atoms with Crippen molar-refractivity contribution in [3.8, 4) is 55.9 Å². The second-order valence-electron chi connectivity index (χ2n) is 12.7. The van der Waals surface area contributed by atoms with E-state index in [-0.39, 0.29) is 5.41 Å². The first-order valence-electron chi connectivity index (χ1n) is 15.7. The molecule has 2 nitrogen and oxygen atoms in total. The predicted molar refractivity (Wildman–Crippen MR) is 189 cm³/mol. The van der Waals surface area contributed by atoms with E-state index in [1.807, 2.05) is 0 Å². The fourth-order valence-electron chi connectivity index (χ4n) is 7.56. The van der Waals surface area contributed by atoms with E-state index < -0.39 is 0 Å². The molecule has 0 saturated heterocycles. The van der Waals surface area contributed by atoms with Crippen LogP contribution in [-0.4, -0.2) is 9.97 Å². The van der Waals surface area contributed by atoms with Gasteiger partial charge in [0, 0.05) is 38.3 Å². The van der Waals surface area contributed by atoms with Crippen LogP contribution in [0.15, 0.2) is 146 Å². The molecule has 2 aromatic heterocycles. The molecule has 45 heavy (non-hydrogen) atoms. The highest BCUT2D eigenvalue weighted by atomic mass is 14.7. The molecule has 0 aliphatic heterocycles. The third kappa shape index (κ3) is 3.89. The van der Waals surface area contributed by atoms with Crippen molar-refractivity contribution in [2.24, 2.45) is 0 Å². The molecule has 0 bridgehead atoms. The van der Waals surface area contributed by atoms with Crippen LogP contribution in [0.2, 0.25) is 0 Å². The smallest absolute Gasteiger partial charge is 0.0544 e. The number of nitrogens with one attached hydrogen (secondary N) is 2. The molecule has 0 radical (unpaired) electrons. The molecule has 0 saturated carbocycles. The van der Waals surface area contributed by atoms with E-state index in [1.54, 1.807) is 0 Å². The fourth-order valence-corrected chi connectivity index (χ4v) is 7.56. The lowest BCUT2D eigenvalue weighted by Crippen LogP contribution is -2.14. The minimum absolute atomic E-state index is 0.150. The maximum atomic E-state index is 3.85. The lowest BCUT2D eigenvalue weighted by molar-refractivity contribution is 0.662. The second kappa shape index (κ2) is 9.70. The van der Waals surface area contributed by atoms with Crippen LogP contribution in [0.25, 0.3) is 77.7 Å². The van der Waals surface area contributed by atoms with E-state index in [0.717, 1.165) is 0 Å². The van der Waals surface area contributed by atoms with E-state index in [9.17, 15) is 0 Å². The molecule has 0 unspecified atom stereocenters. The Bertz CT molecular complexity index is 2190.